The van der Waals surface area contributed by atoms with Gasteiger partial charge < -0.3 is 24.4 Å². The van der Waals surface area contributed by atoms with Crippen LogP contribution in [-0.4, -0.2) is 56.4 Å². The van der Waals surface area contributed by atoms with E-state index < -0.39 is 0 Å². The van der Waals surface area contributed by atoms with Crippen molar-refractivity contribution in [3.8, 4) is 11.5 Å². The lowest BCUT2D eigenvalue weighted by atomic mass is 9.71. The van der Waals surface area contributed by atoms with Gasteiger partial charge in [-0.3, -0.25) is 4.79 Å². The van der Waals surface area contributed by atoms with E-state index in [9.17, 15) is 4.79 Å². The van der Waals surface area contributed by atoms with Crippen molar-refractivity contribution in [2.45, 2.75) is 50.2 Å². The van der Waals surface area contributed by atoms with Gasteiger partial charge in [0.15, 0.2) is 11.5 Å². The van der Waals surface area contributed by atoms with E-state index >= 15 is 0 Å². The van der Waals surface area contributed by atoms with Gasteiger partial charge in [-0.1, -0.05) is 12.8 Å². The molecule has 2 unspecified atom stereocenters. The van der Waals surface area contributed by atoms with Crippen molar-refractivity contribution in [2.24, 2.45) is 0 Å². The maximum atomic E-state index is 13.3. The number of nitrogens with one attached hydrogen (secondary N) is 1. The van der Waals surface area contributed by atoms with E-state index in [4.69, 9.17) is 14.2 Å². The van der Waals surface area contributed by atoms with Crippen molar-refractivity contribution in [2.75, 3.05) is 39.5 Å². The molecule has 2 fully saturated rings. The predicted octanol–water partition coefficient (Wildman–Crippen LogP) is 2.16. The molecule has 1 N–H and O–H groups in total. The molecule has 5 rings (SSSR count). The summed E-state index contributed by atoms with van der Waals surface area (Å²) in [5.74, 6) is 1.78. The molecule has 1 saturated heterocycles. The Morgan fingerprint density at radius 3 is 2.59 bits per heavy atom. The third-order valence-corrected chi connectivity index (χ3v) is 6.72. The molecule has 1 aromatic carbocycles. The first-order valence-electron chi connectivity index (χ1n) is 10.2. The first kappa shape index (κ1) is 17.3. The summed E-state index contributed by atoms with van der Waals surface area (Å²) in [7, 11) is 0. The maximum Gasteiger partial charge on any atom is 0.253 e. The van der Waals surface area contributed by atoms with Crippen LogP contribution in [0.5, 0.6) is 11.5 Å². The Kier molecular flexibility index (Phi) is 4.28. The van der Waals surface area contributed by atoms with Gasteiger partial charge in [0.1, 0.15) is 19.3 Å². The van der Waals surface area contributed by atoms with E-state index in [-0.39, 0.29) is 23.5 Å². The molecule has 1 aliphatic carbocycles. The molecule has 27 heavy (non-hydrogen) atoms. The van der Waals surface area contributed by atoms with Gasteiger partial charge in [-0.05, 0) is 43.0 Å². The summed E-state index contributed by atoms with van der Waals surface area (Å²) < 4.78 is 17.5. The molecule has 3 aliphatic heterocycles. The molecule has 2 atom stereocenters. The summed E-state index contributed by atoms with van der Waals surface area (Å²) in [6.45, 7) is 6.10. The molecule has 146 valence electrons. The van der Waals surface area contributed by atoms with Crippen LogP contribution in [0.4, 0.5) is 0 Å². The summed E-state index contributed by atoms with van der Waals surface area (Å²) in [6, 6.07) is 4.33. The maximum absolute atomic E-state index is 13.3. The van der Waals surface area contributed by atoms with E-state index in [2.05, 4.69) is 29.3 Å². The minimum atomic E-state index is -0.376. The summed E-state index contributed by atoms with van der Waals surface area (Å²) in [4.78, 5) is 15.4. The Morgan fingerprint density at radius 2 is 1.89 bits per heavy atom. The number of rotatable bonds is 1. The van der Waals surface area contributed by atoms with E-state index in [1.165, 1.54) is 24.0 Å². The van der Waals surface area contributed by atoms with Crippen molar-refractivity contribution in [1.29, 1.82) is 0 Å². The zero-order chi connectivity index (χ0) is 18.4. The first-order valence-corrected chi connectivity index (χ1v) is 10.2. The van der Waals surface area contributed by atoms with Crippen LogP contribution in [0.25, 0.3) is 0 Å². The quantitative estimate of drug-likeness (QED) is 0.819. The monoisotopic (exact) mass is 372 g/mol. The summed E-state index contributed by atoms with van der Waals surface area (Å²) in [5, 5.41) is 3.28. The van der Waals surface area contributed by atoms with Crippen molar-refractivity contribution >= 4 is 5.91 Å². The molecular weight excluding hydrogens is 344 g/mol. The van der Waals surface area contributed by atoms with Crippen molar-refractivity contribution in [1.82, 2.24) is 10.2 Å². The second-order valence-electron chi connectivity index (χ2n) is 8.28. The Bertz CT molecular complexity index is 738. The fraction of sp³-hybridized carbons (Fsp3) is 0.667. The molecule has 3 heterocycles. The van der Waals surface area contributed by atoms with Gasteiger partial charge in [-0.25, -0.2) is 0 Å². The van der Waals surface area contributed by atoms with E-state index in [0.29, 0.717) is 26.4 Å². The average Bonchev–Trinajstić information content (AvgIpc) is 3.19. The van der Waals surface area contributed by atoms with Gasteiger partial charge in [-0.15, -0.1) is 0 Å². The third-order valence-electron chi connectivity index (χ3n) is 6.72. The SMILES string of the molecule is CC1c2cc3c(cc2C2(CCCC2)CN1C(=O)C1CNCCO1)OCCO3. The van der Waals surface area contributed by atoms with Crippen molar-refractivity contribution in [3.05, 3.63) is 23.3 Å². The largest absolute Gasteiger partial charge is 0.486 e. The molecule has 4 aliphatic rings. The van der Waals surface area contributed by atoms with Crippen LogP contribution in [0, 0.1) is 0 Å². The molecule has 6 heteroatoms. The second-order valence-corrected chi connectivity index (χ2v) is 8.28. The second kappa shape index (κ2) is 6.67. The topological polar surface area (TPSA) is 60.0 Å². The zero-order valence-corrected chi connectivity index (χ0v) is 16.0. The van der Waals surface area contributed by atoms with Crippen LogP contribution in [0.2, 0.25) is 0 Å². The number of amides is 1. The molecule has 1 amide bonds. The summed E-state index contributed by atoms with van der Waals surface area (Å²) >= 11 is 0. The number of carbonyl (C=O) groups is 1. The van der Waals surface area contributed by atoms with Crippen LogP contribution in [-0.2, 0) is 14.9 Å². The Morgan fingerprint density at radius 1 is 1.15 bits per heavy atom. The van der Waals surface area contributed by atoms with Gasteiger partial charge in [0, 0.05) is 25.0 Å². The van der Waals surface area contributed by atoms with Crippen LogP contribution in [0.15, 0.2) is 12.1 Å². The highest BCUT2D eigenvalue weighted by Gasteiger charge is 2.47. The Balaban J connectivity index is 1.55. The molecule has 1 aromatic rings. The molecule has 0 aromatic heterocycles. The van der Waals surface area contributed by atoms with Gasteiger partial charge >= 0.3 is 0 Å². The molecule has 1 saturated carbocycles. The number of hydrogen-bond acceptors (Lipinski definition) is 5. The smallest absolute Gasteiger partial charge is 0.253 e. The summed E-state index contributed by atoms with van der Waals surface area (Å²) in [6.07, 6.45) is 4.30. The van der Waals surface area contributed by atoms with E-state index in [1.54, 1.807) is 0 Å². The highest BCUT2D eigenvalue weighted by Crippen LogP contribution is 2.52. The van der Waals surface area contributed by atoms with Gasteiger partial charge in [0.2, 0.25) is 0 Å². The number of morpholine rings is 1. The van der Waals surface area contributed by atoms with Gasteiger partial charge in [0.25, 0.3) is 5.91 Å². The standard InChI is InChI=1S/C21H28N2O4/c1-14-15-10-17-18(27-9-8-26-17)11-16(15)21(4-2-3-5-21)13-23(14)20(24)19-12-22-6-7-25-19/h10-11,14,19,22H,2-9,12-13H2,1H3. The molecule has 0 bridgehead atoms. The number of carbonyl (C=O) groups excluding carboxylic acids is 1. The fourth-order valence-corrected chi connectivity index (χ4v) is 5.28. The number of hydrogen-bond donors (Lipinski definition) is 1. The number of nitrogens with zero attached hydrogens (tertiary/aromatic N) is 1. The van der Waals surface area contributed by atoms with E-state index in [0.717, 1.165) is 37.4 Å². The van der Waals surface area contributed by atoms with Gasteiger partial charge in [0.05, 0.1) is 12.6 Å². The van der Waals surface area contributed by atoms with Gasteiger partial charge in [-0.2, -0.15) is 0 Å². The molecule has 6 nitrogen and oxygen atoms in total. The number of ether oxygens (including phenoxy) is 3. The molecule has 1 spiro atoms. The van der Waals surface area contributed by atoms with E-state index in [1.807, 2.05) is 0 Å². The normalized spacial score (nSPS) is 28.9. The van der Waals surface area contributed by atoms with Crippen LogP contribution < -0.4 is 14.8 Å². The van der Waals surface area contributed by atoms with Crippen LogP contribution in [0.3, 0.4) is 0 Å². The predicted molar refractivity (Wildman–Crippen MR) is 100 cm³/mol. The lowest BCUT2D eigenvalue weighted by Gasteiger charge is -2.47. The highest BCUT2D eigenvalue weighted by molar-refractivity contribution is 5.82. The first-order chi connectivity index (χ1) is 13.2. The molecular formula is C21H28N2O4. The lowest BCUT2D eigenvalue weighted by Crippen LogP contribution is -2.55. The highest BCUT2D eigenvalue weighted by atomic mass is 16.6. The Hall–Kier alpha value is -1.79. The van der Waals surface area contributed by atoms with Crippen LogP contribution in [0.1, 0.15) is 49.8 Å². The molecule has 0 radical (unpaired) electrons. The zero-order valence-electron chi connectivity index (χ0n) is 16.0. The number of benzene rings is 1. The van der Waals surface area contributed by atoms with Crippen molar-refractivity contribution in [3.63, 3.8) is 0 Å². The third kappa shape index (κ3) is 2.81. The fourth-order valence-electron chi connectivity index (χ4n) is 5.28. The van der Waals surface area contributed by atoms with Crippen molar-refractivity contribution < 1.29 is 19.0 Å². The Labute approximate surface area is 160 Å². The summed E-state index contributed by atoms with van der Waals surface area (Å²) in [5.41, 5.74) is 2.61. The minimum Gasteiger partial charge on any atom is -0.486 e. The minimum absolute atomic E-state index is 0.0140. The average molecular weight is 372 g/mol. The number of fused-ring (bicyclic) bond motifs is 3. The lowest BCUT2D eigenvalue weighted by molar-refractivity contribution is -0.149. The van der Waals surface area contributed by atoms with Crippen LogP contribution >= 0.6 is 0 Å².